The molecule has 0 atom stereocenters. The number of fused-ring (bicyclic) bond motifs is 7. The fourth-order valence-electron chi connectivity index (χ4n) is 4.78. The van der Waals surface area contributed by atoms with Crippen LogP contribution in [0.5, 0.6) is 0 Å². The van der Waals surface area contributed by atoms with Crippen molar-refractivity contribution in [3.05, 3.63) is 104 Å². The van der Waals surface area contributed by atoms with Crippen LogP contribution in [0, 0.1) is 0 Å². The summed E-state index contributed by atoms with van der Waals surface area (Å²) in [6.07, 6.45) is 3.58. The Morgan fingerprint density at radius 1 is 0.625 bits per heavy atom. The molecule has 32 heavy (non-hydrogen) atoms. The minimum absolute atomic E-state index is 1.03. The minimum Gasteiger partial charge on any atom is -0.309 e. The van der Waals surface area contributed by atoms with E-state index in [-0.39, 0.29) is 0 Å². The Kier molecular flexibility index (Phi) is 3.72. The summed E-state index contributed by atoms with van der Waals surface area (Å²) in [4.78, 5) is 9.86. The second-order valence-corrected chi connectivity index (χ2v) is 8.97. The molecule has 0 unspecified atom stereocenters. The van der Waals surface area contributed by atoms with E-state index in [4.69, 9.17) is 0 Å². The summed E-state index contributed by atoms with van der Waals surface area (Å²) >= 11 is 1.73. The molecule has 0 saturated carbocycles. The molecule has 3 heterocycles. The highest BCUT2D eigenvalue weighted by molar-refractivity contribution is 7.25. The molecule has 0 spiro atoms. The number of thiophene rings is 1. The molecular weight excluding hydrogens is 410 g/mol. The van der Waals surface area contributed by atoms with E-state index in [0.717, 1.165) is 15.9 Å². The van der Waals surface area contributed by atoms with Crippen LogP contribution in [0.15, 0.2) is 104 Å². The van der Waals surface area contributed by atoms with Crippen LogP contribution in [0.4, 0.5) is 0 Å². The van der Waals surface area contributed by atoms with Gasteiger partial charge in [-0.05, 0) is 41.5 Å². The van der Waals surface area contributed by atoms with Crippen LogP contribution in [-0.4, -0.2) is 14.5 Å². The molecule has 150 valence electrons. The molecular formula is C28H17N3S. The highest BCUT2D eigenvalue weighted by Gasteiger charge is 2.17. The molecule has 3 aromatic heterocycles. The van der Waals surface area contributed by atoms with E-state index in [0.29, 0.717) is 0 Å². The first kappa shape index (κ1) is 17.6. The van der Waals surface area contributed by atoms with Crippen LogP contribution in [0.3, 0.4) is 0 Å². The third-order valence-electron chi connectivity index (χ3n) is 6.18. The molecule has 4 aromatic carbocycles. The van der Waals surface area contributed by atoms with Gasteiger partial charge in [-0.3, -0.25) is 0 Å². The van der Waals surface area contributed by atoms with E-state index in [2.05, 4.69) is 106 Å². The zero-order valence-corrected chi connectivity index (χ0v) is 17.9. The number of hydrogen-bond donors (Lipinski definition) is 0. The van der Waals surface area contributed by atoms with Gasteiger partial charge in [-0.2, -0.15) is 0 Å². The smallest absolute Gasteiger partial charge is 0.127 e. The Bertz CT molecular complexity index is 1760. The molecule has 0 bridgehead atoms. The van der Waals surface area contributed by atoms with E-state index in [1.54, 1.807) is 17.7 Å². The molecule has 0 radical (unpaired) electrons. The van der Waals surface area contributed by atoms with Crippen LogP contribution >= 0.6 is 11.3 Å². The van der Waals surface area contributed by atoms with E-state index in [1.165, 1.54) is 43.0 Å². The van der Waals surface area contributed by atoms with E-state index in [9.17, 15) is 0 Å². The molecule has 0 fully saturated rings. The molecule has 0 aliphatic rings. The van der Waals surface area contributed by atoms with Crippen LogP contribution in [0.1, 0.15) is 0 Å². The SMILES string of the molecule is c1ccc(-c2ccc(-n3c4ccccc4c4c5c(ccc43)sc3ncncc35)cc2)cc1. The molecule has 0 aliphatic heterocycles. The molecule has 0 N–H and O–H groups in total. The van der Waals surface area contributed by atoms with Gasteiger partial charge in [0, 0.05) is 38.1 Å². The average Bonchev–Trinajstić information content (AvgIpc) is 3.40. The van der Waals surface area contributed by atoms with Gasteiger partial charge in [0.1, 0.15) is 11.2 Å². The van der Waals surface area contributed by atoms with Gasteiger partial charge in [-0.25, -0.2) is 9.97 Å². The second-order valence-electron chi connectivity index (χ2n) is 7.94. The van der Waals surface area contributed by atoms with Crippen molar-refractivity contribution in [1.29, 1.82) is 0 Å². The van der Waals surface area contributed by atoms with Crippen molar-refractivity contribution < 1.29 is 0 Å². The van der Waals surface area contributed by atoms with Crippen LogP contribution in [0.25, 0.3) is 58.9 Å². The Hall–Kier alpha value is -4.02. The van der Waals surface area contributed by atoms with Gasteiger partial charge in [0.15, 0.2) is 0 Å². The topological polar surface area (TPSA) is 30.7 Å². The fraction of sp³-hybridized carbons (Fsp3) is 0. The second kappa shape index (κ2) is 6.74. The highest BCUT2D eigenvalue weighted by Crippen LogP contribution is 2.42. The predicted octanol–water partition coefficient (Wildman–Crippen LogP) is 7.61. The number of para-hydroxylation sites is 1. The van der Waals surface area contributed by atoms with Gasteiger partial charge in [0.25, 0.3) is 0 Å². The first-order valence-corrected chi connectivity index (χ1v) is 11.4. The zero-order valence-electron chi connectivity index (χ0n) is 17.1. The third kappa shape index (κ3) is 2.47. The van der Waals surface area contributed by atoms with Crippen LogP contribution in [0.2, 0.25) is 0 Å². The number of rotatable bonds is 2. The normalized spacial score (nSPS) is 11.8. The van der Waals surface area contributed by atoms with Crippen molar-refractivity contribution in [2.24, 2.45) is 0 Å². The van der Waals surface area contributed by atoms with Crippen molar-refractivity contribution in [2.45, 2.75) is 0 Å². The molecule has 7 rings (SSSR count). The van der Waals surface area contributed by atoms with Gasteiger partial charge in [0.2, 0.25) is 0 Å². The van der Waals surface area contributed by atoms with Gasteiger partial charge in [-0.15, -0.1) is 11.3 Å². The lowest BCUT2D eigenvalue weighted by atomic mass is 10.1. The summed E-state index contributed by atoms with van der Waals surface area (Å²) in [6, 6.07) is 32.5. The molecule has 4 heteroatoms. The molecule has 3 nitrogen and oxygen atoms in total. The average molecular weight is 428 g/mol. The molecule has 0 aliphatic carbocycles. The summed E-state index contributed by atoms with van der Waals surface area (Å²) in [5.41, 5.74) is 6.02. The standard InChI is InChI=1S/C28H17N3S/c1-2-6-18(7-3-1)19-10-12-20(13-11-19)31-23-9-5-4-8-21(23)26-24(31)14-15-25-27(26)22-16-29-17-30-28(22)32-25/h1-17H. The Balaban J connectivity index is 1.55. The Morgan fingerprint density at radius 3 is 2.28 bits per heavy atom. The summed E-state index contributed by atoms with van der Waals surface area (Å²) in [5, 5.41) is 4.90. The van der Waals surface area contributed by atoms with Crippen molar-refractivity contribution in [3.8, 4) is 16.8 Å². The van der Waals surface area contributed by atoms with Gasteiger partial charge < -0.3 is 4.57 Å². The van der Waals surface area contributed by atoms with E-state index < -0.39 is 0 Å². The zero-order chi connectivity index (χ0) is 21.1. The first-order valence-electron chi connectivity index (χ1n) is 10.6. The number of aromatic nitrogens is 3. The van der Waals surface area contributed by atoms with E-state index >= 15 is 0 Å². The van der Waals surface area contributed by atoms with Crippen LogP contribution < -0.4 is 0 Å². The fourth-order valence-corrected chi connectivity index (χ4v) is 5.80. The summed E-state index contributed by atoms with van der Waals surface area (Å²) in [6.45, 7) is 0. The maximum absolute atomic E-state index is 4.51. The van der Waals surface area contributed by atoms with Gasteiger partial charge >= 0.3 is 0 Å². The monoisotopic (exact) mass is 427 g/mol. The van der Waals surface area contributed by atoms with Gasteiger partial charge in [-0.1, -0.05) is 60.7 Å². The Labute approximate surface area is 188 Å². The van der Waals surface area contributed by atoms with Crippen LogP contribution in [-0.2, 0) is 0 Å². The van der Waals surface area contributed by atoms with Crippen molar-refractivity contribution in [2.75, 3.05) is 0 Å². The molecule has 0 amide bonds. The largest absolute Gasteiger partial charge is 0.309 e. The number of hydrogen-bond acceptors (Lipinski definition) is 3. The Morgan fingerprint density at radius 2 is 1.41 bits per heavy atom. The predicted molar refractivity (Wildman–Crippen MR) is 135 cm³/mol. The first-order chi connectivity index (χ1) is 15.9. The maximum atomic E-state index is 4.51. The van der Waals surface area contributed by atoms with Crippen molar-refractivity contribution in [1.82, 2.24) is 14.5 Å². The quantitative estimate of drug-likeness (QED) is 0.284. The molecule has 0 saturated heterocycles. The van der Waals surface area contributed by atoms with Crippen molar-refractivity contribution >= 4 is 53.4 Å². The highest BCUT2D eigenvalue weighted by atomic mass is 32.1. The number of nitrogens with zero attached hydrogens (tertiary/aromatic N) is 3. The lowest BCUT2D eigenvalue weighted by molar-refractivity contribution is 1.18. The minimum atomic E-state index is 1.03. The van der Waals surface area contributed by atoms with Gasteiger partial charge in [0.05, 0.1) is 11.0 Å². The molecule has 7 aromatic rings. The van der Waals surface area contributed by atoms with Crippen molar-refractivity contribution in [3.63, 3.8) is 0 Å². The summed E-state index contributed by atoms with van der Waals surface area (Å²) < 4.78 is 3.61. The maximum Gasteiger partial charge on any atom is 0.127 e. The lowest BCUT2D eigenvalue weighted by Crippen LogP contribution is -1.93. The van der Waals surface area contributed by atoms with E-state index in [1.807, 2.05) is 6.20 Å². The lowest BCUT2D eigenvalue weighted by Gasteiger charge is -2.09. The summed E-state index contributed by atoms with van der Waals surface area (Å²) in [5.74, 6) is 0. The number of benzene rings is 4. The third-order valence-corrected chi connectivity index (χ3v) is 7.26. The summed E-state index contributed by atoms with van der Waals surface area (Å²) in [7, 11) is 0.